The summed E-state index contributed by atoms with van der Waals surface area (Å²) < 4.78 is 26.5. The molecule has 2 N–H and O–H groups in total. The highest BCUT2D eigenvalue weighted by Gasteiger charge is 2.18. The van der Waals surface area contributed by atoms with Gasteiger partial charge in [0.05, 0.1) is 16.8 Å². The molecule has 0 aliphatic rings. The molecule has 10 heteroatoms. The van der Waals surface area contributed by atoms with E-state index in [1.807, 2.05) is 0 Å². The first-order valence-electron chi connectivity index (χ1n) is 4.86. The summed E-state index contributed by atoms with van der Waals surface area (Å²) in [7, 11) is -3.83. The van der Waals surface area contributed by atoms with Gasteiger partial charge in [-0.25, -0.2) is 8.42 Å². The third-order valence-electron chi connectivity index (χ3n) is 2.19. The Morgan fingerprint density at radius 2 is 2.16 bits per heavy atom. The molecule has 0 aliphatic heterocycles. The summed E-state index contributed by atoms with van der Waals surface area (Å²) in [6.45, 7) is 0. The lowest BCUT2D eigenvalue weighted by atomic mass is 10.3. The molecule has 1 aromatic carbocycles. The summed E-state index contributed by atoms with van der Waals surface area (Å²) in [5, 5.41) is 16.6. The maximum atomic E-state index is 11.9. The predicted octanol–water partition coefficient (Wildman–Crippen LogP) is 1.88. The van der Waals surface area contributed by atoms with E-state index in [1.54, 1.807) is 0 Å². The number of halogens is 1. The van der Waals surface area contributed by atoms with Crippen molar-refractivity contribution < 1.29 is 13.3 Å². The molecule has 0 amide bonds. The fourth-order valence-electron chi connectivity index (χ4n) is 1.29. The number of aromatic amines is 1. The fourth-order valence-corrected chi connectivity index (χ4v) is 2.75. The van der Waals surface area contributed by atoms with Gasteiger partial charge in [-0.15, -0.1) is 0 Å². The molecule has 1 heterocycles. The van der Waals surface area contributed by atoms with Crippen molar-refractivity contribution in [3.05, 3.63) is 45.2 Å². The molecular formula is C9H7BrN4O4S. The zero-order valence-electron chi connectivity index (χ0n) is 9.20. The second kappa shape index (κ2) is 4.97. The molecule has 100 valence electrons. The van der Waals surface area contributed by atoms with Crippen LogP contribution in [0.5, 0.6) is 0 Å². The largest absolute Gasteiger partial charge is 0.284 e. The normalized spacial score (nSPS) is 11.2. The first-order valence-corrected chi connectivity index (χ1v) is 7.13. The molecule has 2 rings (SSSR count). The number of nitro groups is 1. The number of H-pyrrole nitrogens is 1. The first-order chi connectivity index (χ1) is 8.90. The van der Waals surface area contributed by atoms with Gasteiger partial charge < -0.3 is 0 Å². The van der Waals surface area contributed by atoms with Gasteiger partial charge in [0, 0.05) is 22.8 Å². The van der Waals surface area contributed by atoms with Crippen LogP contribution in [-0.4, -0.2) is 23.5 Å². The van der Waals surface area contributed by atoms with Gasteiger partial charge in [-0.2, -0.15) is 5.10 Å². The Morgan fingerprint density at radius 3 is 2.74 bits per heavy atom. The third kappa shape index (κ3) is 2.90. The number of anilines is 1. The molecule has 0 aliphatic carbocycles. The number of nitrogens with zero attached hydrogens (tertiary/aromatic N) is 2. The Balaban J connectivity index is 2.39. The van der Waals surface area contributed by atoms with Gasteiger partial charge in [0.15, 0.2) is 0 Å². The van der Waals surface area contributed by atoms with E-state index in [4.69, 9.17) is 0 Å². The summed E-state index contributed by atoms with van der Waals surface area (Å²) in [5.41, 5.74) is -0.136. The summed E-state index contributed by atoms with van der Waals surface area (Å²) in [6.07, 6.45) is 2.33. The maximum Gasteiger partial charge on any atom is 0.271 e. The number of non-ortho nitro benzene ring substituents is 1. The van der Waals surface area contributed by atoms with Crippen LogP contribution in [0, 0.1) is 10.1 Å². The van der Waals surface area contributed by atoms with Crippen LogP contribution in [0.1, 0.15) is 0 Å². The first kappa shape index (κ1) is 13.5. The Labute approximate surface area is 116 Å². The second-order valence-electron chi connectivity index (χ2n) is 3.46. The number of aromatic nitrogens is 2. The summed E-state index contributed by atoms with van der Waals surface area (Å²) >= 11 is 3.12. The number of benzene rings is 1. The van der Waals surface area contributed by atoms with Gasteiger partial charge in [-0.05, 0) is 22.0 Å². The van der Waals surface area contributed by atoms with E-state index >= 15 is 0 Å². The Bertz CT molecular complexity index is 714. The van der Waals surface area contributed by atoms with E-state index in [-0.39, 0.29) is 16.3 Å². The van der Waals surface area contributed by atoms with Crippen molar-refractivity contribution in [1.82, 2.24) is 10.2 Å². The maximum absolute atomic E-state index is 11.9. The van der Waals surface area contributed by atoms with E-state index in [0.717, 1.165) is 12.3 Å². The number of rotatable bonds is 4. The monoisotopic (exact) mass is 346 g/mol. The molecule has 0 bridgehead atoms. The molecule has 0 saturated heterocycles. The minimum Gasteiger partial charge on any atom is -0.284 e. The van der Waals surface area contributed by atoms with Gasteiger partial charge in [0.2, 0.25) is 0 Å². The van der Waals surface area contributed by atoms with Crippen LogP contribution in [0.4, 0.5) is 11.4 Å². The topological polar surface area (TPSA) is 118 Å². The highest BCUT2D eigenvalue weighted by atomic mass is 79.9. The van der Waals surface area contributed by atoms with Crippen LogP contribution in [0.15, 0.2) is 40.0 Å². The van der Waals surface area contributed by atoms with E-state index in [2.05, 4.69) is 30.8 Å². The molecular weight excluding hydrogens is 340 g/mol. The minimum absolute atomic E-state index is 0.0640. The predicted molar refractivity (Wildman–Crippen MR) is 70.2 cm³/mol. The standard InChI is InChI=1S/C9H7BrN4O4S/c10-8-2-1-6(14(15)16)3-9(8)13-19(17,18)7-4-11-12-5-7/h1-5,13H,(H,11,12). The van der Waals surface area contributed by atoms with Crippen LogP contribution in [-0.2, 0) is 10.0 Å². The average Bonchev–Trinajstić information content (AvgIpc) is 2.85. The van der Waals surface area contributed by atoms with Crippen molar-refractivity contribution in [3.8, 4) is 0 Å². The van der Waals surface area contributed by atoms with Crippen molar-refractivity contribution in [2.24, 2.45) is 0 Å². The molecule has 0 saturated carbocycles. The lowest BCUT2D eigenvalue weighted by Gasteiger charge is -2.07. The van der Waals surface area contributed by atoms with Crippen LogP contribution in [0.2, 0.25) is 0 Å². The van der Waals surface area contributed by atoms with E-state index in [1.165, 1.54) is 18.3 Å². The van der Waals surface area contributed by atoms with Gasteiger partial charge in [-0.1, -0.05) is 0 Å². The van der Waals surface area contributed by atoms with Gasteiger partial charge in [-0.3, -0.25) is 19.9 Å². The van der Waals surface area contributed by atoms with Gasteiger partial charge in [0.25, 0.3) is 15.7 Å². The third-order valence-corrected chi connectivity index (χ3v) is 4.21. The Hall–Kier alpha value is -1.94. The lowest BCUT2D eigenvalue weighted by molar-refractivity contribution is -0.384. The molecule has 0 radical (unpaired) electrons. The fraction of sp³-hybridized carbons (Fsp3) is 0. The van der Waals surface area contributed by atoms with Crippen molar-refractivity contribution >= 4 is 37.3 Å². The molecule has 0 unspecified atom stereocenters. The van der Waals surface area contributed by atoms with Crippen molar-refractivity contribution in [2.75, 3.05) is 4.72 Å². The van der Waals surface area contributed by atoms with Crippen LogP contribution >= 0.6 is 15.9 Å². The highest BCUT2D eigenvalue weighted by Crippen LogP contribution is 2.28. The minimum atomic E-state index is -3.83. The average molecular weight is 347 g/mol. The number of nitrogens with one attached hydrogen (secondary N) is 2. The number of hydrogen-bond donors (Lipinski definition) is 2. The van der Waals surface area contributed by atoms with Crippen LogP contribution < -0.4 is 4.72 Å². The summed E-state index contributed by atoms with van der Waals surface area (Å²) in [6, 6.07) is 3.78. The molecule has 1 aromatic heterocycles. The number of hydrogen-bond acceptors (Lipinski definition) is 5. The molecule has 8 nitrogen and oxygen atoms in total. The van der Waals surface area contributed by atoms with Gasteiger partial charge >= 0.3 is 0 Å². The Morgan fingerprint density at radius 1 is 1.42 bits per heavy atom. The highest BCUT2D eigenvalue weighted by molar-refractivity contribution is 9.10. The summed E-state index contributed by atoms with van der Waals surface area (Å²) in [4.78, 5) is 9.98. The quantitative estimate of drug-likeness (QED) is 0.647. The van der Waals surface area contributed by atoms with Crippen molar-refractivity contribution in [2.45, 2.75) is 4.90 Å². The molecule has 0 fully saturated rings. The van der Waals surface area contributed by atoms with Crippen molar-refractivity contribution in [3.63, 3.8) is 0 Å². The lowest BCUT2D eigenvalue weighted by Crippen LogP contribution is -2.12. The van der Waals surface area contributed by atoms with Crippen LogP contribution in [0.3, 0.4) is 0 Å². The zero-order chi connectivity index (χ0) is 14.0. The Kier molecular flexibility index (Phi) is 3.53. The zero-order valence-corrected chi connectivity index (χ0v) is 11.6. The van der Waals surface area contributed by atoms with Gasteiger partial charge in [0.1, 0.15) is 4.90 Å². The number of nitro benzene ring substituents is 1. The smallest absolute Gasteiger partial charge is 0.271 e. The van der Waals surface area contributed by atoms with E-state index < -0.39 is 14.9 Å². The summed E-state index contributed by atoms with van der Waals surface area (Å²) in [5.74, 6) is 0. The van der Waals surface area contributed by atoms with E-state index in [0.29, 0.717) is 4.47 Å². The molecule has 19 heavy (non-hydrogen) atoms. The van der Waals surface area contributed by atoms with Crippen molar-refractivity contribution in [1.29, 1.82) is 0 Å². The molecule has 0 spiro atoms. The molecule has 0 atom stereocenters. The second-order valence-corrected chi connectivity index (χ2v) is 6.00. The molecule has 2 aromatic rings. The van der Waals surface area contributed by atoms with Crippen LogP contribution in [0.25, 0.3) is 0 Å². The SMILES string of the molecule is O=[N+]([O-])c1ccc(Br)c(NS(=O)(=O)c2cn[nH]c2)c1. The number of sulfonamides is 1. The van der Waals surface area contributed by atoms with E-state index in [9.17, 15) is 18.5 Å².